The van der Waals surface area contributed by atoms with Gasteiger partial charge in [0.05, 0.1) is 42.3 Å². The van der Waals surface area contributed by atoms with E-state index in [1.165, 1.54) is 9.36 Å². The molecule has 4 aliphatic rings. The van der Waals surface area contributed by atoms with E-state index in [9.17, 15) is 19.8 Å². The number of para-hydroxylation sites is 1. The highest BCUT2D eigenvalue weighted by atomic mass is 16.6. The first kappa shape index (κ1) is 26.8. The van der Waals surface area contributed by atoms with Crippen molar-refractivity contribution in [3.8, 4) is 5.69 Å². The summed E-state index contributed by atoms with van der Waals surface area (Å²) in [5.74, 6) is -0.343. The summed E-state index contributed by atoms with van der Waals surface area (Å²) in [6.07, 6.45) is -1.21. The van der Waals surface area contributed by atoms with Crippen LogP contribution in [0.2, 0.25) is 0 Å². The number of aliphatic hydroxyl groups excluding tert-OH is 2. The van der Waals surface area contributed by atoms with E-state index in [2.05, 4.69) is 15.8 Å². The number of hydrogen-bond acceptors (Lipinski definition) is 10. The molecule has 3 aliphatic heterocycles. The third kappa shape index (κ3) is 4.49. The molecule has 3 N–H and O–H groups in total. The van der Waals surface area contributed by atoms with Gasteiger partial charge in [0.1, 0.15) is 18.3 Å². The fraction of sp³-hybridized carbons (Fsp3) is 0.448. The van der Waals surface area contributed by atoms with Crippen molar-refractivity contribution < 1.29 is 19.8 Å². The molecular weight excluding hydrogens is 542 g/mol. The van der Waals surface area contributed by atoms with Crippen LogP contribution in [0.1, 0.15) is 24.9 Å². The summed E-state index contributed by atoms with van der Waals surface area (Å²) < 4.78 is 9.71. The van der Waals surface area contributed by atoms with Crippen molar-refractivity contribution in [2.45, 2.75) is 62.8 Å². The van der Waals surface area contributed by atoms with Gasteiger partial charge in [0.25, 0.3) is 0 Å². The van der Waals surface area contributed by atoms with Gasteiger partial charge < -0.3 is 19.8 Å². The van der Waals surface area contributed by atoms with E-state index >= 15 is 0 Å². The standard InChI is InChI=1S/C29H33N7O6/c1-17(22-15-33(32-30-22)20(16-37)14-18-8-4-2-5-9-18)42-31-23-21-12-13-34-28(39)35(19-10-6-3-7-11-19)29(40)36(34)24(21)25(38)27-26(23)41-27/h2-11,17,20-21,24-27,32,37-38H,12-16H2,1H3/b31-23-/t17-,20+,21-,24-,25+,26-,27+/m1/s1. The van der Waals surface area contributed by atoms with Gasteiger partial charge in [-0.25, -0.2) is 29.1 Å². The average molecular weight is 576 g/mol. The average Bonchev–Trinajstić information content (AvgIpc) is 3.59. The molecule has 4 heterocycles. The number of epoxide rings is 1. The zero-order chi connectivity index (χ0) is 29.0. The normalized spacial score (nSPS) is 28.7. The van der Waals surface area contributed by atoms with Crippen molar-refractivity contribution in [2.24, 2.45) is 16.2 Å². The summed E-state index contributed by atoms with van der Waals surface area (Å²) >= 11 is 0. The minimum absolute atomic E-state index is 0.0372. The van der Waals surface area contributed by atoms with Crippen LogP contribution in [0.4, 0.5) is 0 Å². The molecule has 0 unspecified atom stereocenters. The molecule has 7 rings (SSSR count). The summed E-state index contributed by atoms with van der Waals surface area (Å²) in [5, 5.41) is 32.0. The molecule has 2 fully saturated rings. The van der Waals surface area contributed by atoms with Gasteiger partial charge in [0, 0.05) is 12.5 Å². The summed E-state index contributed by atoms with van der Waals surface area (Å²) in [4.78, 5) is 32.8. The molecule has 1 aromatic heterocycles. The molecule has 0 spiro atoms. The molecule has 1 saturated carbocycles. The number of aromatic nitrogens is 3. The molecule has 1 saturated heterocycles. The van der Waals surface area contributed by atoms with Crippen LogP contribution in [-0.4, -0.2) is 84.2 Å². The second kappa shape index (κ2) is 10.7. The number of fused-ring (bicyclic) bond motifs is 4. The molecule has 0 radical (unpaired) electrons. The van der Waals surface area contributed by atoms with Crippen molar-refractivity contribution in [2.75, 3.05) is 13.2 Å². The van der Waals surface area contributed by atoms with Gasteiger partial charge in [-0.3, -0.25) is 0 Å². The minimum Gasteiger partial charge on any atom is -0.395 e. The van der Waals surface area contributed by atoms with Gasteiger partial charge in [-0.1, -0.05) is 53.7 Å². The molecular formula is C29H33N7O6. The monoisotopic (exact) mass is 575 g/mol. The molecule has 13 heteroatoms. The fourth-order valence-corrected chi connectivity index (χ4v) is 6.40. The highest BCUT2D eigenvalue weighted by Gasteiger charge is 2.61. The number of rotatable bonds is 8. The van der Waals surface area contributed by atoms with Gasteiger partial charge in [-0.2, -0.15) is 10.1 Å². The Hall–Kier alpha value is -4.04. The lowest BCUT2D eigenvalue weighted by Gasteiger charge is -2.38. The first-order valence-corrected chi connectivity index (χ1v) is 14.3. The number of nitrogens with one attached hydrogen (secondary N) is 1. The first-order valence-electron chi connectivity index (χ1n) is 14.3. The number of hydrazine groups is 1. The van der Waals surface area contributed by atoms with Crippen molar-refractivity contribution in [1.29, 1.82) is 0 Å². The lowest BCUT2D eigenvalue weighted by molar-refractivity contribution is 0.0317. The number of hydrazone groups is 1. The van der Waals surface area contributed by atoms with Crippen molar-refractivity contribution in [3.05, 3.63) is 87.2 Å². The lowest BCUT2D eigenvalue weighted by atomic mass is 9.78. The van der Waals surface area contributed by atoms with Crippen LogP contribution in [0.25, 0.3) is 5.69 Å². The van der Waals surface area contributed by atoms with E-state index in [0.717, 1.165) is 15.8 Å². The molecule has 2 aromatic carbocycles. The Kier molecular flexibility index (Phi) is 6.81. The van der Waals surface area contributed by atoms with Crippen LogP contribution in [0, 0.1) is 5.92 Å². The predicted molar refractivity (Wildman–Crippen MR) is 152 cm³/mol. The highest BCUT2D eigenvalue weighted by molar-refractivity contribution is 5.95. The SMILES string of the molecule is C[C@@H](O/N=C1/[C@H]2CCn3c(=O)n(-c4ccccc4)c(=O)n3[C@H]2[C@H](O)[C@@H]2O[C@H]12)C1=NNN([C@H](CO)Cc2ccccc2)C1. The second-order valence-corrected chi connectivity index (χ2v) is 11.2. The predicted octanol–water partition coefficient (Wildman–Crippen LogP) is 0.0445. The molecule has 13 nitrogen and oxygen atoms in total. The zero-order valence-electron chi connectivity index (χ0n) is 23.1. The van der Waals surface area contributed by atoms with Crippen LogP contribution in [0.5, 0.6) is 0 Å². The molecule has 7 atom stereocenters. The van der Waals surface area contributed by atoms with Crippen LogP contribution >= 0.6 is 0 Å². The Morgan fingerprint density at radius 1 is 1.12 bits per heavy atom. The smallest absolute Gasteiger partial charge is 0.352 e. The Balaban J connectivity index is 1.09. The maximum absolute atomic E-state index is 13.6. The minimum atomic E-state index is -0.969. The van der Waals surface area contributed by atoms with Gasteiger partial charge >= 0.3 is 11.4 Å². The van der Waals surface area contributed by atoms with E-state index < -0.39 is 41.8 Å². The summed E-state index contributed by atoms with van der Waals surface area (Å²) in [6, 6.07) is 17.8. The molecule has 220 valence electrons. The van der Waals surface area contributed by atoms with E-state index in [1.54, 1.807) is 24.3 Å². The number of benzene rings is 2. The maximum Gasteiger partial charge on any atom is 0.352 e. The molecule has 3 aromatic rings. The van der Waals surface area contributed by atoms with E-state index in [0.29, 0.717) is 37.3 Å². The van der Waals surface area contributed by atoms with Crippen LogP contribution < -0.4 is 16.9 Å². The molecule has 0 bridgehead atoms. The van der Waals surface area contributed by atoms with E-state index in [1.807, 2.05) is 48.3 Å². The zero-order valence-corrected chi connectivity index (χ0v) is 23.1. The Labute approximate surface area is 240 Å². The maximum atomic E-state index is 13.6. The highest BCUT2D eigenvalue weighted by Crippen LogP contribution is 2.46. The number of oxime groups is 1. The largest absolute Gasteiger partial charge is 0.395 e. The number of hydrogen-bond donors (Lipinski definition) is 3. The number of nitrogens with zero attached hydrogens (tertiary/aromatic N) is 6. The third-order valence-corrected chi connectivity index (χ3v) is 8.71. The Bertz CT molecular complexity index is 1630. The van der Waals surface area contributed by atoms with Crippen molar-refractivity contribution in [3.63, 3.8) is 0 Å². The van der Waals surface area contributed by atoms with Gasteiger partial charge in [0.15, 0.2) is 6.10 Å². The van der Waals surface area contributed by atoms with E-state index in [-0.39, 0.29) is 18.6 Å². The lowest BCUT2D eigenvalue weighted by Crippen LogP contribution is -2.53. The molecule has 42 heavy (non-hydrogen) atoms. The molecule has 1 aliphatic carbocycles. The van der Waals surface area contributed by atoms with Gasteiger partial charge in [-0.15, -0.1) is 0 Å². The third-order valence-electron chi connectivity index (χ3n) is 8.71. The van der Waals surface area contributed by atoms with Gasteiger partial charge in [-0.05, 0) is 37.5 Å². The Morgan fingerprint density at radius 3 is 2.60 bits per heavy atom. The van der Waals surface area contributed by atoms with Crippen LogP contribution in [0.15, 0.2) is 80.5 Å². The number of ether oxygens (including phenoxy) is 1. The van der Waals surface area contributed by atoms with Crippen LogP contribution in [0.3, 0.4) is 0 Å². The van der Waals surface area contributed by atoms with Gasteiger partial charge in [0.2, 0.25) is 0 Å². The van der Waals surface area contributed by atoms with Crippen LogP contribution in [-0.2, 0) is 22.5 Å². The Morgan fingerprint density at radius 2 is 1.86 bits per heavy atom. The number of aliphatic hydroxyl groups is 2. The van der Waals surface area contributed by atoms with Crippen molar-refractivity contribution in [1.82, 2.24) is 24.5 Å². The summed E-state index contributed by atoms with van der Waals surface area (Å²) in [6.45, 7) is 2.56. The quantitative estimate of drug-likeness (QED) is 0.252. The van der Waals surface area contributed by atoms with Crippen molar-refractivity contribution >= 4 is 11.4 Å². The summed E-state index contributed by atoms with van der Waals surface area (Å²) in [5.41, 5.74) is 5.00. The first-order chi connectivity index (χ1) is 20.5. The molecule has 0 amide bonds. The topological polar surface area (TPSA) is 151 Å². The fourth-order valence-electron chi connectivity index (χ4n) is 6.40. The summed E-state index contributed by atoms with van der Waals surface area (Å²) in [7, 11) is 0. The van der Waals surface area contributed by atoms with E-state index in [4.69, 9.17) is 9.57 Å². The second-order valence-electron chi connectivity index (χ2n) is 11.2.